The summed E-state index contributed by atoms with van der Waals surface area (Å²) < 4.78 is 26.0. The Bertz CT molecular complexity index is 833. The van der Waals surface area contributed by atoms with Gasteiger partial charge < -0.3 is 15.5 Å². The Hall–Kier alpha value is -2.12. The maximum absolute atomic E-state index is 13.0. The van der Waals surface area contributed by atoms with Gasteiger partial charge in [0.15, 0.2) is 9.84 Å². The number of benzene rings is 1. The monoisotopic (exact) mass is 344 g/mol. The molecule has 1 unspecified atom stereocenters. The Labute approximate surface area is 141 Å². The molecule has 0 spiro atoms. The summed E-state index contributed by atoms with van der Waals surface area (Å²) in [6.45, 7) is 3.97. The van der Waals surface area contributed by atoms with Gasteiger partial charge in [-0.1, -0.05) is 18.2 Å². The van der Waals surface area contributed by atoms with Crippen LogP contribution >= 0.6 is 0 Å². The summed E-state index contributed by atoms with van der Waals surface area (Å²) in [5.41, 5.74) is 1.45. The second-order valence-corrected chi connectivity index (χ2v) is 8.20. The minimum absolute atomic E-state index is 0.346. The Morgan fingerprint density at radius 1 is 1.04 bits per heavy atom. The molecule has 0 radical (unpaired) electrons. The van der Waals surface area contributed by atoms with Crippen molar-refractivity contribution in [2.75, 3.05) is 42.9 Å². The minimum atomic E-state index is -3.46. The maximum atomic E-state index is 13.0. The quantitative estimate of drug-likeness (QED) is 0.877. The molecular formula is C17H20N4O2S. The second kappa shape index (κ2) is 6.07. The summed E-state index contributed by atoms with van der Waals surface area (Å²) >= 11 is 0. The van der Waals surface area contributed by atoms with Crippen molar-refractivity contribution in [2.45, 2.75) is 10.1 Å². The lowest BCUT2D eigenvalue weighted by Crippen LogP contribution is -2.44. The molecule has 1 saturated heterocycles. The molecule has 24 heavy (non-hydrogen) atoms. The fourth-order valence-corrected chi connectivity index (χ4v) is 4.90. The van der Waals surface area contributed by atoms with E-state index in [1.807, 2.05) is 18.2 Å². The van der Waals surface area contributed by atoms with E-state index in [1.54, 1.807) is 24.3 Å². The van der Waals surface area contributed by atoms with Gasteiger partial charge in [0.25, 0.3) is 0 Å². The molecule has 1 aromatic heterocycles. The Morgan fingerprint density at radius 3 is 2.54 bits per heavy atom. The van der Waals surface area contributed by atoms with Crippen LogP contribution in [0.4, 0.5) is 11.5 Å². The van der Waals surface area contributed by atoms with E-state index in [4.69, 9.17) is 4.98 Å². The third-order valence-corrected chi connectivity index (χ3v) is 6.65. The van der Waals surface area contributed by atoms with E-state index < -0.39 is 15.1 Å². The number of hydrogen-bond donors (Lipinski definition) is 2. The van der Waals surface area contributed by atoms with Crippen LogP contribution in [0.1, 0.15) is 10.9 Å². The van der Waals surface area contributed by atoms with Crippen LogP contribution in [0.2, 0.25) is 0 Å². The van der Waals surface area contributed by atoms with Crippen LogP contribution in [-0.4, -0.2) is 46.1 Å². The van der Waals surface area contributed by atoms with E-state index >= 15 is 0 Å². The number of pyridine rings is 1. The molecule has 2 aliphatic rings. The van der Waals surface area contributed by atoms with Crippen LogP contribution in [-0.2, 0) is 9.84 Å². The van der Waals surface area contributed by atoms with Gasteiger partial charge in [-0.05, 0) is 24.3 Å². The highest BCUT2D eigenvalue weighted by atomic mass is 32.2. The van der Waals surface area contributed by atoms with Crippen LogP contribution in [0.25, 0.3) is 0 Å². The van der Waals surface area contributed by atoms with Crippen molar-refractivity contribution >= 4 is 21.3 Å². The molecule has 3 heterocycles. The predicted molar refractivity (Wildman–Crippen MR) is 94.2 cm³/mol. The first-order valence-corrected chi connectivity index (χ1v) is 9.70. The fourth-order valence-electron chi connectivity index (χ4n) is 3.26. The maximum Gasteiger partial charge on any atom is 0.188 e. The molecule has 2 aliphatic heterocycles. The molecule has 2 aromatic rings. The molecule has 0 amide bonds. The molecular weight excluding hydrogens is 324 g/mol. The zero-order valence-electron chi connectivity index (χ0n) is 13.3. The number of anilines is 2. The Morgan fingerprint density at radius 2 is 1.79 bits per heavy atom. The number of fused-ring (bicyclic) bond motifs is 1. The topological polar surface area (TPSA) is 74.3 Å². The van der Waals surface area contributed by atoms with Gasteiger partial charge in [0.2, 0.25) is 0 Å². The normalized spacial score (nSPS) is 20.5. The fraction of sp³-hybridized carbons (Fsp3) is 0.353. The zero-order valence-corrected chi connectivity index (χ0v) is 14.1. The molecule has 6 nitrogen and oxygen atoms in total. The van der Waals surface area contributed by atoms with Gasteiger partial charge in [0, 0.05) is 32.7 Å². The summed E-state index contributed by atoms with van der Waals surface area (Å²) in [4.78, 5) is 7.25. The number of nitrogens with one attached hydrogen (secondary N) is 2. The predicted octanol–water partition coefficient (Wildman–Crippen LogP) is 1.43. The number of rotatable bonds is 3. The molecule has 0 bridgehead atoms. The highest BCUT2D eigenvalue weighted by Gasteiger charge is 2.36. The third-order valence-electron chi connectivity index (χ3n) is 4.58. The SMILES string of the molecule is O=S(=O)(c1ccccc1)C1CNc2ccc(N3CCNCC3)nc21. The van der Waals surface area contributed by atoms with Crippen LogP contribution < -0.4 is 15.5 Å². The molecule has 1 fully saturated rings. The summed E-state index contributed by atoms with van der Waals surface area (Å²) in [6.07, 6.45) is 0. The van der Waals surface area contributed by atoms with Crippen LogP contribution in [0.5, 0.6) is 0 Å². The van der Waals surface area contributed by atoms with E-state index in [0.717, 1.165) is 37.7 Å². The largest absolute Gasteiger partial charge is 0.382 e. The lowest BCUT2D eigenvalue weighted by atomic mass is 10.2. The van der Waals surface area contributed by atoms with E-state index in [0.29, 0.717) is 17.1 Å². The van der Waals surface area contributed by atoms with Crippen molar-refractivity contribution in [1.29, 1.82) is 0 Å². The van der Waals surface area contributed by atoms with Gasteiger partial charge in [-0.3, -0.25) is 0 Å². The molecule has 4 rings (SSSR count). The van der Waals surface area contributed by atoms with Crippen molar-refractivity contribution in [1.82, 2.24) is 10.3 Å². The summed E-state index contributed by atoms with van der Waals surface area (Å²) in [7, 11) is -3.46. The molecule has 0 saturated carbocycles. The summed E-state index contributed by atoms with van der Waals surface area (Å²) in [6, 6.07) is 12.5. The lowest BCUT2D eigenvalue weighted by molar-refractivity contribution is 0.580. The van der Waals surface area contributed by atoms with E-state index in [-0.39, 0.29) is 0 Å². The van der Waals surface area contributed by atoms with E-state index in [1.165, 1.54) is 0 Å². The number of aromatic nitrogens is 1. The van der Waals surface area contributed by atoms with Crippen molar-refractivity contribution in [3.8, 4) is 0 Å². The van der Waals surface area contributed by atoms with Gasteiger partial charge in [-0.2, -0.15) is 0 Å². The first kappa shape index (κ1) is 15.4. The molecule has 0 aliphatic carbocycles. The Balaban J connectivity index is 1.70. The average molecular weight is 344 g/mol. The van der Waals surface area contributed by atoms with Gasteiger partial charge >= 0.3 is 0 Å². The third kappa shape index (κ3) is 2.63. The molecule has 7 heteroatoms. The molecule has 1 atom stereocenters. The molecule has 2 N–H and O–H groups in total. The molecule has 1 aromatic carbocycles. The lowest BCUT2D eigenvalue weighted by Gasteiger charge is -2.28. The highest BCUT2D eigenvalue weighted by molar-refractivity contribution is 7.91. The summed E-state index contributed by atoms with van der Waals surface area (Å²) in [5.74, 6) is 0.854. The number of nitrogens with zero attached hydrogens (tertiary/aromatic N) is 2. The van der Waals surface area contributed by atoms with Crippen molar-refractivity contribution in [3.05, 3.63) is 48.2 Å². The number of hydrogen-bond acceptors (Lipinski definition) is 6. The van der Waals surface area contributed by atoms with E-state index in [9.17, 15) is 8.42 Å². The second-order valence-electron chi connectivity index (χ2n) is 6.07. The van der Waals surface area contributed by atoms with Crippen molar-refractivity contribution in [3.63, 3.8) is 0 Å². The van der Waals surface area contributed by atoms with Gasteiger partial charge in [0.05, 0.1) is 16.3 Å². The average Bonchev–Trinajstić information content (AvgIpc) is 3.07. The molecule has 126 valence electrons. The van der Waals surface area contributed by atoms with Gasteiger partial charge in [-0.15, -0.1) is 0 Å². The standard InChI is InChI=1S/C17H20N4O2S/c22-24(23,13-4-2-1-3-5-13)15-12-19-14-6-7-16(20-17(14)15)21-10-8-18-9-11-21/h1-7,15,18-19H,8-12H2. The first-order valence-electron chi connectivity index (χ1n) is 8.16. The highest BCUT2D eigenvalue weighted by Crippen LogP contribution is 2.38. The summed E-state index contributed by atoms with van der Waals surface area (Å²) in [5, 5.41) is 5.86. The zero-order chi connectivity index (χ0) is 16.6. The van der Waals surface area contributed by atoms with Crippen LogP contribution in [0, 0.1) is 0 Å². The van der Waals surface area contributed by atoms with Crippen LogP contribution in [0.15, 0.2) is 47.4 Å². The smallest absolute Gasteiger partial charge is 0.188 e. The van der Waals surface area contributed by atoms with Gasteiger partial charge in [-0.25, -0.2) is 13.4 Å². The first-order chi connectivity index (χ1) is 11.7. The van der Waals surface area contributed by atoms with Crippen LogP contribution in [0.3, 0.4) is 0 Å². The minimum Gasteiger partial charge on any atom is -0.382 e. The number of piperazine rings is 1. The van der Waals surface area contributed by atoms with Crippen molar-refractivity contribution in [2.24, 2.45) is 0 Å². The van der Waals surface area contributed by atoms with Crippen molar-refractivity contribution < 1.29 is 8.42 Å². The van der Waals surface area contributed by atoms with Gasteiger partial charge in [0.1, 0.15) is 11.1 Å². The van der Waals surface area contributed by atoms with E-state index in [2.05, 4.69) is 15.5 Å². The Kier molecular flexibility index (Phi) is 3.90. The number of sulfone groups is 1.